The minimum Gasteiger partial charge on any atom is -0.481 e. The maximum Gasteiger partial charge on any atom is 0.306 e. The molecular formula is C20H37NO2. The lowest BCUT2D eigenvalue weighted by Gasteiger charge is -2.11. The first-order valence-electron chi connectivity index (χ1n) is 8.99. The molecule has 23 heavy (non-hydrogen) atoms. The molecule has 0 aliphatic heterocycles. The van der Waals surface area contributed by atoms with Gasteiger partial charge in [-0.2, -0.15) is 0 Å². The van der Waals surface area contributed by atoms with Crippen molar-refractivity contribution in [3.05, 3.63) is 23.3 Å². The van der Waals surface area contributed by atoms with Crippen LogP contribution in [0.5, 0.6) is 0 Å². The van der Waals surface area contributed by atoms with E-state index in [-0.39, 0.29) is 5.92 Å². The van der Waals surface area contributed by atoms with Gasteiger partial charge in [0.2, 0.25) is 0 Å². The summed E-state index contributed by atoms with van der Waals surface area (Å²) < 4.78 is 0. The minimum atomic E-state index is -0.647. The van der Waals surface area contributed by atoms with E-state index in [4.69, 9.17) is 0 Å². The normalized spacial score (nSPS) is 13.2. The summed E-state index contributed by atoms with van der Waals surface area (Å²) in [5.74, 6) is -0.867. The fraction of sp³-hybridized carbons (Fsp3) is 0.750. The molecule has 0 amide bonds. The van der Waals surface area contributed by atoms with E-state index in [1.807, 2.05) is 0 Å². The number of hydrogen-bond acceptors (Lipinski definition) is 2. The number of rotatable bonds is 13. The van der Waals surface area contributed by atoms with Crippen LogP contribution < -0.4 is 0 Å². The van der Waals surface area contributed by atoms with Crippen molar-refractivity contribution < 1.29 is 9.90 Å². The highest BCUT2D eigenvalue weighted by molar-refractivity contribution is 5.70. The fourth-order valence-electron chi connectivity index (χ4n) is 2.55. The van der Waals surface area contributed by atoms with Crippen LogP contribution >= 0.6 is 0 Å². The number of unbranched alkanes of at least 4 members (excludes halogenated alkanes) is 3. The van der Waals surface area contributed by atoms with Gasteiger partial charge in [0.25, 0.3) is 0 Å². The molecule has 0 aromatic heterocycles. The average molecular weight is 324 g/mol. The average Bonchev–Trinajstić information content (AvgIpc) is 2.44. The predicted molar refractivity (Wildman–Crippen MR) is 99.8 cm³/mol. The summed E-state index contributed by atoms with van der Waals surface area (Å²) >= 11 is 0. The molecular weight excluding hydrogens is 286 g/mol. The van der Waals surface area contributed by atoms with Crippen LogP contribution in [0.4, 0.5) is 0 Å². The van der Waals surface area contributed by atoms with Crippen LogP contribution in [0.2, 0.25) is 0 Å². The molecule has 0 radical (unpaired) electrons. The molecule has 1 N–H and O–H groups in total. The van der Waals surface area contributed by atoms with Crippen LogP contribution in [-0.4, -0.2) is 36.6 Å². The third kappa shape index (κ3) is 14.2. The second kappa shape index (κ2) is 13.4. The van der Waals surface area contributed by atoms with Gasteiger partial charge in [-0.15, -0.1) is 0 Å². The summed E-state index contributed by atoms with van der Waals surface area (Å²) in [5, 5.41) is 9.37. The molecule has 0 bridgehead atoms. The Kier molecular flexibility index (Phi) is 12.7. The maximum atomic E-state index is 11.4. The number of hydrogen-bond donors (Lipinski definition) is 1. The van der Waals surface area contributed by atoms with Crippen molar-refractivity contribution in [2.75, 3.05) is 20.6 Å². The van der Waals surface area contributed by atoms with Crippen LogP contribution in [0.25, 0.3) is 0 Å². The predicted octanol–water partition coefficient (Wildman–Crippen LogP) is 5.28. The smallest absolute Gasteiger partial charge is 0.306 e. The molecule has 0 saturated carbocycles. The van der Waals surface area contributed by atoms with E-state index in [1.54, 1.807) is 0 Å². The molecule has 0 rings (SSSR count). The quantitative estimate of drug-likeness (QED) is 0.370. The van der Waals surface area contributed by atoms with Gasteiger partial charge in [0.1, 0.15) is 0 Å². The van der Waals surface area contributed by atoms with E-state index in [1.165, 1.54) is 24.0 Å². The highest BCUT2D eigenvalue weighted by Crippen LogP contribution is 2.18. The zero-order valence-electron chi connectivity index (χ0n) is 15.9. The van der Waals surface area contributed by atoms with E-state index < -0.39 is 5.97 Å². The molecule has 0 spiro atoms. The Bertz CT molecular complexity index is 379. The summed E-state index contributed by atoms with van der Waals surface area (Å²) in [6.07, 6.45) is 12.5. The number of carboxylic acids is 1. The van der Waals surface area contributed by atoms with Crippen molar-refractivity contribution in [2.24, 2.45) is 5.92 Å². The summed E-state index contributed by atoms with van der Waals surface area (Å²) in [6, 6.07) is 0. The first-order chi connectivity index (χ1) is 10.8. The Hall–Kier alpha value is -1.09. The summed E-state index contributed by atoms with van der Waals surface area (Å²) in [6.45, 7) is 7.45. The first-order valence-corrected chi connectivity index (χ1v) is 8.99. The van der Waals surface area contributed by atoms with Crippen molar-refractivity contribution in [2.45, 2.75) is 72.1 Å². The topological polar surface area (TPSA) is 40.5 Å². The lowest BCUT2D eigenvalue weighted by Crippen LogP contribution is -2.13. The second-order valence-electron chi connectivity index (χ2n) is 7.15. The van der Waals surface area contributed by atoms with Crippen molar-refractivity contribution >= 4 is 5.97 Å². The molecule has 0 aromatic rings. The lowest BCUT2D eigenvalue weighted by molar-refractivity contribution is -0.141. The number of aliphatic carboxylic acids is 1. The largest absolute Gasteiger partial charge is 0.481 e. The molecule has 0 aliphatic rings. The Morgan fingerprint density at radius 3 is 2.26 bits per heavy atom. The van der Waals surface area contributed by atoms with E-state index >= 15 is 0 Å². The molecule has 3 nitrogen and oxygen atoms in total. The Morgan fingerprint density at radius 1 is 1.04 bits per heavy atom. The molecule has 3 heteroatoms. The Labute approximate surface area is 143 Å². The van der Waals surface area contributed by atoms with Gasteiger partial charge in [0.15, 0.2) is 0 Å². The molecule has 0 saturated heterocycles. The summed E-state index contributed by atoms with van der Waals surface area (Å²) in [7, 11) is 4.18. The fourth-order valence-corrected chi connectivity index (χ4v) is 2.55. The molecule has 0 aromatic carbocycles. The van der Waals surface area contributed by atoms with E-state index in [0.717, 1.165) is 38.6 Å². The Morgan fingerprint density at radius 2 is 1.70 bits per heavy atom. The molecule has 134 valence electrons. The first kappa shape index (κ1) is 21.9. The number of carbonyl (C=O) groups is 1. The SMILES string of the molecule is CC(C)=CCCC(C)=CCC(CCCCCCN(C)C)C(=O)O. The second-order valence-corrected chi connectivity index (χ2v) is 7.15. The van der Waals surface area contributed by atoms with Crippen molar-refractivity contribution in [1.29, 1.82) is 0 Å². The van der Waals surface area contributed by atoms with E-state index in [2.05, 4.69) is 51.9 Å². The third-order valence-electron chi connectivity index (χ3n) is 4.10. The Balaban J connectivity index is 4.02. The monoisotopic (exact) mass is 323 g/mol. The zero-order valence-corrected chi connectivity index (χ0v) is 15.9. The molecule has 0 fully saturated rings. The van der Waals surface area contributed by atoms with Gasteiger partial charge in [-0.25, -0.2) is 0 Å². The van der Waals surface area contributed by atoms with E-state index in [9.17, 15) is 9.90 Å². The van der Waals surface area contributed by atoms with Gasteiger partial charge in [0.05, 0.1) is 5.92 Å². The van der Waals surface area contributed by atoms with Crippen molar-refractivity contribution in [3.8, 4) is 0 Å². The minimum absolute atomic E-state index is 0.220. The van der Waals surface area contributed by atoms with Gasteiger partial charge in [-0.1, -0.05) is 42.6 Å². The van der Waals surface area contributed by atoms with Crippen LogP contribution in [0, 0.1) is 5.92 Å². The van der Waals surface area contributed by atoms with Gasteiger partial charge < -0.3 is 10.0 Å². The van der Waals surface area contributed by atoms with Crippen LogP contribution in [0.1, 0.15) is 72.1 Å². The number of carboxylic acid groups (broad SMARTS) is 1. The standard InChI is InChI=1S/C20H37NO2/c1-17(2)11-10-12-18(3)14-15-19(20(22)23)13-8-6-7-9-16-21(4)5/h11,14,19H,6-10,12-13,15-16H2,1-5H3,(H,22,23). The number of allylic oxidation sites excluding steroid dienone is 4. The van der Waals surface area contributed by atoms with Crippen molar-refractivity contribution in [3.63, 3.8) is 0 Å². The molecule has 1 atom stereocenters. The van der Waals surface area contributed by atoms with E-state index in [0.29, 0.717) is 6.42 Å². The maximum absolute atomic E-state index is 11.4. The summed E-state index contributed by atoms with van der Waals surface area (Å²) in [4.78, 5) is 13.6. The molecule has 1 unspecified atom stereocenters. The molecule has 0 aliphatic carbocycles. The van der Waals surface area contributed by atoms with Crippen molar-refractivity contribution in [1.82, 2.24) is 4.90 Å². The third-order valence-corrected chi connectivity index (χ3v) is 4.10. The van der Waals surface area contributed by atoms with Gasteiger partial charge in [0, 0.05) is 0 Å². The lowest BCUT2D eigenvalue weighted by atomic mass is 9.96. The van der Waals surface area contributed by atoms with Crippen LogP contribution in [0.3, 0.4) is 0 Å². The van der Waals surface area contributed by atoms with Gasteiger partial charge in [-0.05, 0) is 73.5 Å². The van der Waals surface area contributed by atoms with Crippen LogP contribution in [-0.2, 0) is 4.79 Å². The van der Waals surface area contributed by atoms with Crippen LogP contribution in [0.15, 0.2) is 23.3 Å². The highest BCUT2D eigenvalue weighted by Gasteiger charge is 2.15. The zero-order chi connectivity index (χ0) is 17.7. The van der Waals surface area contributed by atoms with Gasteiger partial charge >= 0.3 is 5.97 Å². The molecule has 0 heterocycles. The van der Waals surface area contributed by atoms with Gasteiger partial charge in [-0.3, -0.25) is 4.79 Å². The number of nitrogens with zero attached hydrogens (tertiary/aromatic N) is 1. The summed E-state index contributed by atoms with van der Waals surface area (Å²) in [5.41, 5.74) is 2.65. The highest BCUT2D eigenvalue weighted by atomic mass is 16.4.